The first-order chi connectivity index (χ1) is 12.1. The Morgan fingerprint density at radius 2 is 1.88 bits per heavy atom. The summed E-state index contributed by atoms with van der Waals surface area (Å²) >= 11 is 0. The van der Waals surface area contributed by atoms with E-state index in [4.69, 9.17) is 9.73 Å². The van der Waals surface area contributed by atoms with Gasteiger partial charge >= 0.3 is 5.97 Å². The molecular formula is C19H37IN4O2. The van der Waals surface area contributed by atoms with E-state index < -0.39 is 0 Å². The van der Waals surface area contributed by atoms with Crippen molar-refractivity contribution >= 4 is 35.9 Å². The molecule has 0 unspecified atom stereocenters. The van der Waals surface area contributed by atoms with Crippen LogP contribution >= 0.6 is 24.0 Å². The van der Waals surface area contributed by atoms with Gasteiger partial charge < -0.3 is 15.0 Å². The highest BCUT2D eigenvalue weighted by Crippen LogP contribution is 2.28. The van der Waals surface area contributed by atoms with Gasteiger partial charge in [0.15, 0.2) is 5.96 Å². The smallest absolute Gasteiger partial charge is 0.309 e. The number of likely N-dealkylation sites (tertiary alicyclic amines) is 1. The summed E-state index contributed by atoms with van der Waals surface area (Å²) in [6.07, 6.45) is 4.37. The van der Waals surface area contributed by atoms with Crippen molar-refractivity contribution in [2.45, 2.75) is 65.5 Å². The number of aliphatic imine (C=N–C) groups is 1. The van der Waals surface area contributed by atoms with Crippen LogP contribution in [0.4, 0.5) is 0 Å². The van der Waals surface area contributed by atoms with E-state index in [-0.39, 0.29) is 35.9 Å². The van der Waals surface area contributed by atoms with Gasteiger partial charge in [-0.3, -0.25) is 14.7 Å². The van der Waals surface area contributed by atoms with Crippen LogP contribution < -0.4 is 5.32 Å². The number of hydrogen-bond donors (Lipinski definition) is 1. The molecule has 0 aromatic carbocycles. The Labute approximate surface area is 176 Å². The maximum Gasteiger partial charge on any atom is 0.309 e. The van der Waals surface area contributed by atoms with Crippen molar-refractivity contribution in [3.63, 3.8) is 0 Å². The lowest BCUT2D eigenvalue weighted by Crippen LogP contribution is -2.47. The number of hydrogen-bond acceptors (Lipinski definition) is 4. The zero-order valence-electron chi connectivity index (χ0n) is 16.9. The molecule has 0 spiro atoms. The van der Waals surface area contributed by atoms with E-state index in [0.717, 1.165) is 57.6 Å². The minimum atomic E-state index is -0.0406. The van der Waals surface area contributed by atoms with E-state index in [1.54, 1.807) is 0 Å². The van der Waals surface area contributed by atoms with Crippen molar-refractivity contribution in [3.8, 4) is 0 Å². The third-order valence-electron chi connectivity index (χ3n) is 5.05. The number of halogens is 1. The van der Waals surface area contributed by atoms with Crippen molar-refractivity contribution < 1.29 is 9.53 Å². The second-order valence-corrected chi connectivity index (χ2v) is 7.31. The normalized spacial score (nSPS) is 18.8. The fraction of sp³-hybridized carbons (Fsp3) is 0.895. The van der Waals surface area contributed by atoms with Crippen molar-refractivity contribution in [1.29, 1.82) is 0 Å². The molecule has 2 aliphatic rings. The van der Waals surface area contributed by atoms with Crippen LogP contribution in [0, 0.1) is 5.92 Å². The molecule has 0 radical (unpaired) electrons. The molecule has 26 heavy (non-hydrogen) atoms. The first-order valence-electron chi connectivity index (χ1n) is 10.0. The molecule has 1 saturated heterocycles. The fourth-order valence-electron chi connectivity index (χ4n) is 3.55. The van der Waals surface area contributed by atoms with Crippen LogP contribution in [0.25, 0.3) is 0 Å². The molecule has 1 aliphatic heterocycles. The highest BCUT2D eigenvalue weighted by Gasteiger charge is 2.30. The Morgan fingerprint density at radius 1 is 1.23 bits per heavy atom. The standard InChI is InChI=1S/C19H36N4O2.HI/c1-5-20-19(21-11-14-23(15(3)4)17-7-8-17)22-12-9-16(10-13-22)18(24)25-6-2;/h15-17H,5-14H2,1-4H3,(H,20,21);1H. The maximum absolute atomic E-state index is 11.9. The number of esters is 1. The molecule has 1 aliphatic carbocycles. The van der Waals surface area contributed by atoms with Crippen molar-refractivity contribution in [2.75, 3.05) is 39.3 Å². The largest absolute Gasteiger partial charge is 0.466 e. The van der Waals surface area contributed by atoms with Crippen LogP contribution in [0.5, 0.6) is 0 Å². The SMILES string of the molecule is CCNC(=NCCN(C(C)C)C1CC1)N1CCC(C(=O)OCC)CC1.I. The quantitative estimate of drug-likeness (QED) is 0.251. The summed E-state index contributed by atoms with van der Waals surface area (Å²) in [6.45, 7) is 13.4. The average Bonchev–Trinajstić information content (AvgIpc) is 3.42. The number of carbonyl (C=O) groups excluding carboxylic acids is 1. The summed E-state index contributed by atoms with van der Waals surface area (Å²) in [4.78, 5) is 21.6. The number of piperidine rings is 1. The molecule has 1 heterocycles. The zero-order chi connectivity index (χ0) is 18.2. The van der Waals surface area contributed by atoms with E-state index in [1.165, 1.54) is 12.8 Å². The van der Waals surface area contributed by atoms with Crippen molar-refractivity contribution in [1.82, 2.24) is 15.1 Å². The summed E-state index contributed by atoms with van der Waals surface area (Å²) < 4.78 is 5.16. The second-order valence-electron chi connectivity index (χ2n) is 7.31. The topological polar surface area (TPSA) is 57.2 Å². The van der Waals surface area contributed by atoms with E-state index in [0.29, 0.717) is 12.6 Å². The lowest BCUT2D eigenvalue weighted by atomic mass is 9.97. The lowest BCUT2D eigenvalue weighted by molar-refractivity contribution is -0.149. The van der Waals surface area contributed by atoms with Gasteiger partial charge in [-0.2, -0.15) is 0 Å². The predicted molar refractivity (Wildman–Crippen MR) is 117 cm³/mol. The van der Waals surface area contributed by atoms with E-state index in [9.17, 15) is 4.79 Å². The number of ether oxygens (including phenoxy) is 1. The molecule has 7 heteroatoms. The molecule has 152 valence electrons. The highest BCUT2D eigenvalue weighted by atomic mass is 127. The molecule has 0 amide bonds. The van der Waals surface area contributed by atoms with Gasteiger partial charge in [0.25, 0.3) is 0 Å². The van der Waals surface area contributed by atoms with E-state index in [2.05, 4.69) is 35.9 Å². The number of rotatable bonds is 8. The zero-order valence-corrected chi connectivity index (χ0v) is 19.2. The molecule has 1 saturated carbocycles. The van der Waals surface area contributed by atoms with Crippen molar-refractivity contribution in [2.24, 2.45) is 10.9 Å². The summed E-state index contributed by atoms with van der Waals surface area (Å²) in [5, 5.41) is 3.41. The minimum Gasteiger partial charge on any atom is -0.466 e. The molecule has 6 nitrogen and oxygen atoms in total. The maximum atomic E-state index is 11.9. The number of guanidine groups is 1. The molecule has 1 N–H and O–H groups in total. The van der Waals surface area contributed by atoms with Crippen LogP contribution in [0.15, 0.2) is 4.99 Å². The first kappa shape index (κ1) is 23.5. The minimum absolute atomic E-state index is 0. The fourth-order valence-corrected chi connectivity index (χ4v) is 3.55. The Morgan fingerprint density at radius 3 is 2.38 bits per heavy atom. The van der Waals surface area contributed by atoms with Crippen molar-refractivity contribution in [3.05, 3.63) is 0 Å². The Bertz CT molecular complexity index is 445. The molecule has 2 fully saturated rings. The van der Waals surface area contributed by atoms with Gasteiger partial charge in [0.2, 0.25) is 0 Å². The summed E-state index contributed by atoms with van der Waals surface area (Å²) in [5.74, 6) is 0.996. The lowest BCUT2D eigenvalue weighted by Gasteiger charge is -2.33. The Hall–Kier alpha value is -0.570. The Kier molecular flexibility index (Phi) is 10.8. The first-order valence-corrected chi connectivity index (χ1v) is 10.0. The summed E-state index contributed by atoms with van der Waals surface area (Å²) in [5.41, 5.74) is 0. The number of nitrogens with one attached hydrogen (secondary N) is 1. The molecule has 0 bridgehead atoms. The second kappa shape index (κ2) is 12.0. The predicted octanol–water partition coefficient (Wildman–Crippen LogP) is 2.72. The molecule has 0 atom stereocenters. The van der Waals surface area contributed by atoms with Gasteiger partial charge in [0.05, 0.1) is 19.1 Å². The molecule has 2 rings (SSSR count). The molecular weight excluding hydrogens is 443 g/mol. The number of nitrogens with zero attached hydrogens (tertiary/aromatic N) is 3. The van der Waals surface area contributed by atoms with E-state index in [1.807, 2.05) is 6.92 Å². The van der Waals surface area contributed by atoms with Gasteiger partial charge in [-0.25, -0.2) is 0 Å². The van der Waals surface area contributed by atoms with Crippen LogP contribution in [0.1, 0.15) is 53.4 Å². The molecule has 0 aromatic rings. The molecule has 0 aromatic heterocycles. The van der Waals surface area contributed by atoms with Gasteiger partial charge in [-0.05, 0) is 53.4 Å². The summed E-state index contributed by atoms with van der Waals surface area (Å²) in [6, 6.07) is 1.36. The summed E-state index contributed by atoms with van der Waals surface area (Å²) in [7, 11) is 0. The highest BCUT2D eigenvalue weighted by molar-refractivity contribution is 14.0. The van der Waals surface area contributed by atoms with Gasteiger partial charge in [0, 0.05) is 38.3 Å². The third kappa shape index (κ3) is 7.21. The number of carbonyl (C=O) groups is 1. The third-order valence-corrected chi connectivity index (χ3v) is 5.05. The van der Waals surface area contributed by atoms with Gasteiger partial charge in [-0.1, -0.05) is 0 Å². The average molecular weight is 480 g/mol. The van der Waals surface area contributed by atoms with Crippen LogP contribution in [0.3, 0.4) is 0 Å². The van der Waals surface area contributed by atoms with Crippen LogP contribution in [-0.2, 0) is 9.53 Å². The van der Waals surface area contributed by atoms with Crippen LogP contribution in [0.2, 0.25) is 0 Å². The Balaban J connectivity index is 0.00000338. The van der Waals surface area contributed by atoms with E-state index >= 15 is 0 Å². The van der Waals surface area contributed by atoms with Gasteiger partial charge in [0.1, 0.15) is 0 Å². The van der Waals surface area contributed by atoms with Gasteiger partial charge in [-0.15, -0.1) is 24.0 Å². The van der Waals surface area contributed by atoms with Crippen LogP contribution in [-0.4, -0.2) is 73.1 Å². The monoisotopic (exact) mass is 480 g/mol.